The molecule has 0 aliphatic rings. The molecule has 2 aromatic rings. The van der Waals surface area contributed by atoms with Crippen molar-refractivity contribution in [1.29, 1.82) is 0 Å². The van der Waals surface area contributed by atoms with Crippen molar-refractivity contribution in [1.82, 2.24) is 19.5 Å². The molecule has 2 aromatic heterocycles. The second-order valence-corrected chi connectivity index (χ2v) is 3.69. The van der Waals surface area contributed by atoms with Gasteiger partial charge in [-0.15, -0.1) is 0 Å². The molecule has 0 spiro atoms. The Balaban J connectivity index is 2.14. The number of nitrogens with zero attached hydrogens (tertiary/aromatic N) is 5. The van der Waals surface area contributed by atoms with Crippen LogP contribution in [-0.2, 0) is 13.6 Å². The number of nitrogen functional groups attached to an aromatic ring is 1. The van der Waals surface area contributed by atoms with Crippen molar-refractivity contribution in [2.24, 2.45) is 12.9 Å². The fourth-order valence-corrected chi connectivity index (χ4v) is 1.47. The van der Waals surface area contributed by atoms with E-state index in [-0.39, 0.29) is 0 Å². The van der Waals surface area contributed by atoms with E-state index in [9.17, 15) is 0 Å². The zero-order valence-electron chi connectivity index (χ0n) is 9.83. The molecule has 0 aliphatic carbocycles. The topological polar surface area (TPSA) is 84.9 Å². The van der Waals surface area contributed by atoms with Gasteiger partial charge in [0.25, 0.3) is 0 Å². The van der Waals surface area contributed by atoms with E-state index in [1.807, 2.05) is 35.8 Å². The molecular formula is C10H15N7. The molecule has 0 unspecified atom stereocenters. The number of imidazole rings is 1. The minimum Gasteiger partial charge on any atom is -0.352 e. The van der Waals surface area contributed by atoms with Gasteiger partial charge in [0.05, 0.1) is 6.54 Å². The Bertz CT molecular complexity index is 493. The van der Waals surface area contributed by atoms with Gasteiger partial charge in [0, 0.05) is 32.7 Å². The second-order valence-electron chi connectivity index (χ2n) is 3.69. The summed E-state index contributed by atoms with van der Waals surface area (Å²) >= 11 is 0. The van der Waals surface area contributed by atoms with E-state index in [0.717, 1.165) is 11.6 Å². The summed E-state index contributed by atoms with van der Waals surface area (Å²) in [4.78, 5) is 14.4. The maximum absolute atomic E-state index is 5.27. The molecule has 0 fully saturated rings. The zero-order valence-corrected chi connectivity index (χ0v) is 9.83. The molecule has 0 amide bonds. The van der Waals surface area contributed by atoms with E-state index in [4.69, 9.17) is 5.84 Å². The second kappa shape index (κ2) is 4.79. The highest BCUT2D eigenvalue weighted by molar-refractivity contribution is 5.41. The van der Waals surface area contributed by atoms with Crippen LogP contribution in [0.1, 0.15) is 5.82 Å². The average Bonchev–Trinajstić information content (AvgIpc) is 2.75. The van der Waals surface area contributed by atoms with Gasteiger partial charge >= 0.3 is 0 Å². The zero-order chi connectivity index (χ0) is 12.3. The van der Waals surface area contributed by atoms with Crippen LogP contribution in [-0.4, -0.2) is 26.6 Å². The summed E-state index contributed by atoms with van der Waals surface area (Å²) < 4.78 is 1.97. The molecule has 0 aliphatic heterocycles. The van der Waals surface area contributed by atoms with Gasteiger partial charge in [-0.1, -0.05) is 0 Å². The summed E-state index contributed by atoms with van der Waals surface area (Å²) in [6, 6.07) is 1.82. The molecule has 0 atom stereocenters. The van der Waals surface area contributed by atoms with Gasteiger partial charge in [-0.3, -0.25) is 5.43 Å². The third-order valence-electron chi connectivity index (χ3n) is 2.46. The van der Waals surface area contributed by atoms with Crippen LogP contribution >= 0.6 is 0 Å². The summed E-state index contributed by atoms with van der Waals surface area (Å²) in [7, 11) is 3.90. The van der Waals surface area contributed by atoms with Gasteiger partial charge in [0.1, 0.15) is 11.6 Å². The highest BCUT2D eigenvalue weighted by Gasteiger charge is 2.07. The number of hydrogen-bond donors (Lipinski definition) is 2. The van der Waals surface area contributed by atoms with Crippen LogP contribution in [0.4, 0.5) is 11.8 Å². The van der Waals surface area contributed by atoms with Crippen molar-refractivity contribution >= 4 is 11.8 Å². The molecule has 2 rings (SSSR count). The van der Waals surface area contributed by atoms with Crippen LogP contribution in [0.5, 0.6) is 0 Å². The van der Waals surface area contributed by atoms with E-state index in [1.165, 1.54) is 0 Å². The highest BCUT2D eigenvalue weighted by atomic mass is 15.3. The first-order chi connectivity index (χ1) is 8.20. The summed E-state index contributed by atoms with van der Waals surface area (Å²) in [5.74, 6) is 7.42. The summed E-state index contributed by atoms with van der Waals surface area (Å²) in [6.07, 6.45) is 5.35. The van der Waals surface area contributed by atoms with Crippen LogP contribution in [0.3, 0.4) is 0 Å². The number of aryl methyl sites for hydroxylation is 1. The lowest BCUT2D eigenvalue weighted by Crippen LogP contribution is -2.21. The lowest BCUT2D eigenvalue weighted by molar-refractivity contribution is 0.754. The Kier molecular flexibility index (Phi) is 3.20. The van der Waals surface area contributed by atoms with Crippen LogP contribution in [0, 0.1) is 0 Å². The highest BCUT2D eigenvalue weighted by Crippen LogP contribution is 2.12. The van der Waals surface area contributed by atoms with Gasteiger partial charge in [-0.25, -0.2) is 15.8 Å². The summed E-state index contributed by atoms with van der Waals surface area (Å²) in [5.41, 5.74) is 2.42. The van der Waals surface area contributed by atoms with E-state index in [1.54, 1.807) is 12.4 Å². The van der Waals surface area contributed by atoms with Crippen LogP contribution in [0.15, 0.2) is 24.7 Å². The Labute approximate surface area is 99.3 Å². The number of hydrogen-bond acceptors (Lipinski definition) is 6. The molecule has 7 nitrogen and oxygen atoms in total. The van der Waals surface area contributed by atoms with Crippen molar-refractivity contribution in [2.45, 2.75) is 6.54 Å². The first-order valence-electron chi connectivity index (χ1n) is 5.17. The molecule has 90 valence electrons. The van der Waals surface area contributed by atoms with Crippen LogP contribution in [0.25, 0.3) is 0 Å². The van der Waals surface area contributed by atoms with Crippen LogP contribution in [0.2, 0.25) is 0 Å². The van der Waals surface area contributed by atoms with Gasteiger partial charge in [-0.2, -0.15) is 4.98 Å². The normalized spacial score (nSPS) is 10.3. The molecular weight excluding hydrogens is 218 g/mol. The smallest absolute Gasteiger partial charge is 0.239 e. The van der Waals surface area contributed by atoms with Crippen LogP contribution < -0.4 is 16.2 Å². The maximum atomic E-state index is 5.27. The largest absolute Gasteiger partial charge is 0.352 e. The van der Waals surface area contributed by atoms with Crippen molar-refractivity contribution in [2.75, 3.05) is 17.4 Å². The van der Waals surface area contributed by atoms with E-state index in [2.05, 4.69) is 20.4 Å². The van der Waals surface area contributed by atoms with E-state index in [0.29, 0.717) is 12.5 Å². The lowest BCUT2D eigenvalue weighted by Gasteiger charge is -2.17. The monoisotopic (exact) mass is 233 g/mol. The number of hydrazine groups is 1. The van der Waals surface area contributed by atoms with E-state index < -0.39 is 0 Å². The van der Waals surface area contributed by atoms with Gasteiger partial charge in [0.15, 0.2) is 0 Å². The molecule has 0 radical (unpaired) electrons. The maximum Gasteiger partial charge on any atom is 0.239 e. The third-order valence-corrected chi connectivity index (χ3v) is 2.46. The number of rotatable bonds is 4. The lowest BCUT2D eigenvalue weighted by atomic mass is 10.4. The SMILES string of the molecule is CN(Cc1nccn1C)c1ccnc(NN)n1. The van der Waals surface area contributed by atoms with Crippen molar-refractivity contribution in [3.8, 4) is 0 Å². The van der Waals surface area contributed by atoms with Gasteiger partial charge in [0.2, 0.25) is 5.95 Å². The summed E-state index contributed by atoms with van der Waals surface area (Å²) in [5, 5.41) is 0. The molecule has 3 N–H and O–H groups in total. The fourth-order valence-electron chi connectivity index (χ4n) is 1.47. The van der Waals surface area contributed by atoms with Gasteiger partial charge in [-0.05, 0) is 6.07 Å². The Hall–Kier alpha value is -2.15. The molecule has 0 saturated heterocycles. The predicted octanol–water partition coefficient (Wildman–Crippen LogP) is 0.132. The molecule has 17 heavy (non-hydrogen) atoms. The summed E-state index contributed by atoms with van der Waals surface area (Å²) in [6.45, 7) is 0.671. The molecule has 0 aromatic carbocycles. The van der Waals surface area contributed by atoms with Gasteiger partial charge < -0.3 is 9.47 Å². The fraction of sp³-hybridized carbons (Fsp3) is 0.300. The Morgan fingerprint density at radius 1 is 1.41 bits per heavy atom. The minimum atomic E-state index is 0.397. The molecule has 2 heterocycles. The standard InChI is InChI=1S/C10H15N7/c1-16-6-5-12-9(16)7-17(2)8-3-4-13-10(14-8)15-11/h3-6H,7,11H2,1-2H3,(H,13,14,15). The third kappa shape index (κ3) is 2.51. The Morgan fingerprint density at radius 2 is 2.24 bits per heavy atom. The molecule has 0 bridgehead atoms. The van der Waals surface area contributed by atoms with Crippen molar-refractivity contribution < 1.29 is 0 Å². The Morgan fingerprint density at radius 3 is 2.88 bits per heavy atom. The van der Waals surface area contributed by atoms with Crippen molar-refractivity contribution in [3.63, 3.8) is 0 Å². The predicted molar refractivity (Wildman–Crippen MR) is 65.2 cm³/mol. The number of nitrogens with one attached hydrogen (secondary N) is 1. The number of anilines is 2. The first-order valence-corrected chi connectivity index (χ1v) is 5.17. The number of nitrogens with two attached hydrogens (primary N) is 1. The first kappa shape index (κ1) is 11.3. The minimum absolute atomic E-state index is 0.397. The average molecular weight is 233 g/mol. The van der Waals surface area contributed by atoms with Crippen molar-refractivity contribution in [3.05, 3.63) is 30.5 Å². The molecule has 7 heteroatoms. The van der Waals surface area contributed by atoms with E-state index >= 15 is 0 Å². The number of aromatic nitrogens is 4. The quantitative estimate of drug-likeness (QED) is 0.577. The molecule has 0 saturated carbocycles.